The second-order valence-corrected chi connectivity index (χ2v) is 7.08. The second-order valence-electron chi connectivity index (χ2n) is 5.31. The lowest BCUT2D eigenvalue weighted by atomic mass is 10.2. The third-order valence-electron chi connectivity index (χ3n) is 3.38. The molecule has 0 fully saturated rings. The molecule has 0 saturated carbocycles. The lowest BCUT2D eigenvalue weighted by Gasteiger charge is -2.10. The minimum absolute atomic E-state index is 0.251. The number of hydrogen-bond donors (Lipinski definition) is 1. The van der Waals surface area contributed by atoms with Gasteiger partial charge in [-0.3, -0.25) is 4.57 Å². The van der Waals surface area contributed by atoms with E-state index in [1.807, 2.05) is 4.72 Å². The maximum absolute atomic E-state index is 12.7. The van der Waals surface area contributed by atoms with Crippen LogP contribution in [0.3, 0.4) is 0 Å². The van der Waals surface area contributed by atoms with Gasteiger partial charge in [-0.25, -0.2) is 22.6 Å². The van der Waals surface area contributed by atoms with Gasteiger partial charge in [-0.2, -0.15) is 26.3 Å². The van der Waals surface area contributed by atoms with E-state index in [9.17, 15) is 39.6 Å². The predicted octanol–water partition coefficient (Wildman–Crippen LogP) is 1.60. The highest BCUT2D eigenvalue weighted by atomic mass is 32.2. The highest BCUT2D eigenvalue weighted by Crippen LogP contribution is 2.30. The van der Waals surface area contributed by atoms with Crippen molar-refractivity contribution in [3.8, 4) is 0 Å². The first-order valence-electron chi connectivity index (χ1n) is 7.11. The largest absolute Gasteiger partial charge is 0.451 e. The van der Waals surface area contributed by atoms with Gasteiger partial charge in [-0.1, -0.05) is 6.07 Å². The summed E-state index contributed by atoms with van der Waals surface area (Å²) < 4.78 is 103. The van der Waals surface area contributed by atoms with E-state index in [0.717, 1.165) is 19.2 Å². The molecule has 0 amide bonds. The van der Waals surface area contributed by atoms with Gasteiger partial charge >= 0.3 is 18.0 Å². The fourth-order valence-electron chi connectivity index (χ4n) is 2.09. The van der Waals surface area contributed by atoms with Gasteiger partial charge in [-0.15, -0.1) is 5.10 Å². The Morgan fingerprint density at radius 3 is 2.26 bits per heavy atom. The molecule has 150 valence electrons. The van der Waals surface area contributed by atoms with Gasteiger partial charge in [0.25, 0.3) is 0 Å². The minimum Gasteiger partial charge on any atom is -0.274 e. The fourth-order valence-corrected chi connectivity index (χ4v) is 3.16. The molecule has 2 rings (SSSR count). The molecule has 0 atom stereocenters. The molecule has 0 spiro atoms. The number of benzene rings is 1. The first-order chi connectivity index (χ1) is 12.2. The van der Waals surface area contributed by atoms with Crippen molar-refractivity contribution in [1.82, 2.24) is 19.1 Å². The third-order valence-corrected chi connectivity index (χ3v) is 4.84. The Labute approximate surface area is 148 Å². The molecule has 0 saturated heterocycles. The molecule has 0 unspecified atom stereocenters. The lowest BCUT2D eigenvalue weighted by Crippen LogP contribution is -2.32. The normalized spacial score (nSPS) is 13.1. The standard InChI is InChI=1S/C13H12F6N4O3S/c1-22-10(13(17,18)19)21-23(11(22)24)6-5-20-27(25,26)9-4-2-3-8(7-9)12(14,15)16/h2-4,7,20H,5-6H2,1H3. The average molecular weight is 418 g/mol. The third kappa shape index (κ3) is 4.68. The van der Waals surface area contributed by atoms with Crippen LogP contribution in [-0.2, 0) is 36.0 Å². The number of nitrogens with one attached hydrogen (secondary N) is 1. The molecule has 1 aromatic carbocycles. The molecule has 0 aliphatic heterocycles. The second kappa shape index (κ2) is 6.99. The highest BCUT2D eigenvalue weighted by molar-refractivity contribution is 7.89. The van der Waals surface area contributed by atoms with Crippen molar-refractivity contribution in [2.45, 2.75) is 23.8 Å². The molecule has 0 bridgehead atoms. The van der Waals surface area contributed by atoms with Crippen molar-refractivity contribution < 1.29 is 34.8 Å². The smallest absolute Gasteiger partial charge is 0.274 e. The zero-order valence-corrected chi connectivity index (χ0v) is 14.3. The maximum Gasteiger partial charge on any atom is 0.451 e. The van der Waals surface area contributed by atoms with Gasteiger partial charge in [0.15, 0.2) is 0 Å². The minimum atomic E-state index is -4.88. The van der Waals surface area contributed by atoms with Gasteiger partial charge in [0.2, 0.25) is 15.8 Å². The Balaban J connectivity index is 2.15. The summed E-state index contributed by atoms with van der Waals surface area (Å²) in [7, 11) is -3.53. The fraction of sp³-hybridized carbons (Fsp3) is 0.385. The quantitative estimate of drug-likeness (QED) is 0.748. The van der Waals surface area contributed by atoms with Crippen LogP contribution in [0.1, 0.15) is 11.4 Å². The van der Waals surface area contributed by atoms with E-state index in [4.69, 9.17) is 0 Å². The van der Waals surface area contributed by atoms with Crippen LogP contribution in [0.5, 0.6) is 0 Å². The zero-order chi connectivity index (χ0) is 20.6. The molecule has 1 heterocycles. The van der Waals surface area contributed by atoms with Crippen molar-refractivity contribution in [3.63, 3.8) is 0 Å². The van der Waals surface area contributed by atoms with E-state index < -0.39 is 57.4 Å². The Morgan fingerprint density at radius 1 is 1.11 bits per heavy atom. The van der Waals surface area contributed by atoms with E-state index in [-0.39, 0.29) is 4.57 Å². The van der Waals surface area contributed by atoms with Crippen LogP contribution in [0.25, 0.3) is 0 Å². The van der Waals surface area contributed by atoms with E-state index in [1.165, 1.54) is 0 Å². The molecule has 1 N–H and O–H groups in total. The van der Waals surface area contributed by atoms with E-state index in [0.29, 0.717) is 16.8 Å². The van der Waals surface area contributed by atoms with Crippen LogP contribution >= 0.6 is 0 Å². The topological polar surface area (TPSA) is 86.0 Å². The van der Waals surface area contributed by atoms with Crippen molar-refractivity contribution in [3.05, 3.63) is 46.1 Å². The predicted molar refractivity (Wildman–Crippen MR) is 79.1 cm³/mol. The average Bonchev–Trinajstić information content (AvgIpc) is 2.82. The van der Waals surface area contributed by atoms with Crippen LogP contribution in [0.4, 0.5) is 26.3 Å². The molecule has 0 aliphatic carbocycles. The number of rotatable bonds is 5. The maximum atomic E-state index is 12.7. The van der Waals surface area contributed by atoms with Crippen LogP contribution < -0.4 is 10.4 Å². The summed E-state index contributed by atoms with van der Waals surface area (Å²) in [5.41, 5.74) is -2.30. The monoisotopic (exact) mass is 418 g/mol. The number of halogens is 6. The van der Waals surface area contributed by atoms with Gasteiger partial charge < -0.3 is 0 Å². The van der Waals surface area contributed by atoms with E-state index in [2.05, 4.69) is 5.10 Å². The SMILES string of the molecule is Cn1c(C(F)(F)F)nn(CCNS(=O)(=O)c2cccc(C(F)(F)F)c2)c1=O. The van der Waals surface area contributed by atoms with E-state index in [1.54, 1.807) is 0 Å². The summed E-state index contributed by atoms with van der Waals surface area (Å²) in [5, 5.41) is 3.08. The zero-order valence-electron chi connectivity index (χ0n) is 13.5. The van der Waals surface area contributed by atoms with Gasteiger partial charge in [0.1, 0.15) is 0 Å². The first-order valence-corrected chi connectivity index (χ1v) is 8.60. The molecule has 0 radical (unpaired) electrons. The summed E-state index contributed by atoms with van der Waals surface area (Å²) in [6, 6.07) is 2.92. The molecule has 14 heteroatoms. The van der Waals surface area contributed by atoms with Gasteiger partial charge in [-0.05, 0) is 18.2 Å². The molecular formula is C13H12F6N4O3S. The highest BCUT2D eigenvalue weighted by Gasteiger charge is 2.38. The Morgan fingerprint density at radius 2 is 1.74 bits per heavy atom. The van der Waals surface area contributed by atoms with Crippen molar-refractivity contribution in [1.29, 1.82) is 0 Å². The molecule has 0 aliphatic rings. The Kier molecular flexibility index (Phi) is 5.43. The van der Waals surface area contributed by atoms with Crippen LogP contribution in [0, 0.1) is 0 Å². The number of aromatic nitrogens is 3. The van der Waals surface area contributed by atoms with Gasteiger partial charge in [0.05, 0.1) is 17.0 Å². The summed E-state index contributed by atoms with van der Waals surface area (Å²) >= 11 is 0. The summed E-state index contributed by atoms with van der Waals surface area (Å²) in [6.45, 7) is -1.12. The first kappa shape index (κ1) is 21.0. The summed E-state index contributed by atoms with van der Waals surface area (Å²) in [4.78, 5) is 11.0. The summed E-state index contributed by atoms with van der Waals surface area (Å²) in [6.07, 6.45) is -9.63. The Hall–Kier alpha value is -2.35. The Bertz CT molecular complexity index is 991. The molecule has 7 nitrogen and oxygen atoms in total. The van der Waals surface area contributed by atoms with Crippen LogP contribution in [0.2, 0.25) is 0 Å². The number of alkyl halides is 6. The van der Waals surface area contributed by atoms with E-state index >= 15 is 0 Å². The summed E-state index contributed by atoms with van der Waals surface area (Å²) in [5.74, 6) is -1.46. The number of hydrogen-bond acceptors (Lipinski definition) is 4. The molecule has 27 heavy (non-hydrogen) atoms. The van der Waals surface area contributed by atoms with Crippen molar-refractivity contribution in [2.75, 3.05) is 6.54 Å². The lowest BCUT2D eigenvalue weighted by molar-refractivity contribution is -0.147. The van der Waals surface area contributed by atoms with Crippen LogP contribution in [-0.4, -0.2) is 29.3 Å². The number of nitrogens with zero attached hydrogens (tertiary/aromatic N) is 3. The van der Waals surface area contributed by atoms with Gasteiger partial charge in [0, 0.05) is 13.6 Å². The molecule has 1 aromatic heterocycles. The van der Waals surface area contributed by atoms with Crippen molar-refractivity contribution >= 4 is 10.0 Å². The molecule has 2 aromatic rings. The van der Waals surface area contributed by atoms with Crippen molar-refractivity contribution in [2.24, 2.45) is 7.05 Å². The van der Waals surface area contributed by atoms with Crippen LogP contribution in [0.15, 0.2) is 34.0 Å². The number of sulfonamides is 1. The molecular weight excluding hydrogens is 406 g/mol.